The number of aliphatic hydroxyl groups is 3. The van der Waals surface area contributed by atoms with Crippen molar-refractivity contribution in [3.8, 4) is 11.8 Å². The van der Waals surface area contributed by atoms with Crippen LogP contribution in [0.5, 0.6) is 0 Å². The zero-order chi connectivity index (χ0) is 14.9. The molecule has 2 rings (SSSR count). The Morgan fingerprint density at radius 1 is 1.55 bits per heavy atom. The molecule has 1 unspecified atom stereocenters. The fourth-order valence-electron chi connectivity index (χ4n) is 2.14. The summed E-state index contributed by atoms with van der Waals surface area (Å²) in [6.07, 6.45) is -2.81. The largest absolute Gasteiger partial charge is 0.394 e. The predicted octanol–water partition coefficient (Wildman–Crippen LogP) is -2.46. The Morgan fingerprint density at radius 2 is 2.25 bits per heavy atom. The number of rotatable bonds is 2. The molecule has 1 saturated heterocycles. The third-order valence-electron chi connectivity index (χ3n) is 3.09. The smallest absolute Gasteiger partial charge is 0.330 e. The van der Waals surface area contributed by atoms with Crippen molar-refractivity contribution in [2.24, 2.45) is 0 Å². The van der Waals surface area contributed by atoms with Crippen LogP contribution in [0.4, 0.5) is 0 Å². The lowest BCUT2D eigenvalue weighted by Gasteiger charge is -2.26. The molecule has 1 aromatic heterocycles. The standard InChI is InChI=1S/C12H14N2O6/c1-2-4-12(19)9(17)7(6-15)20-10(12)14-5-3-8(16)13-11(14)18/h3,5,7,9-10,15,17,19H,6H2,1H3,(H,13,16,18)/t7-,9-,10?,12-/m1/s1. The van der Waals surface area contributed by atoms with Crippen LogP contribution in [-0.4, -0.2) is 49.3 Å². The average molecular weight is 282 g/mol. The molecular formula is C12H14N2O6. The third-order valence-corrected chi connectivity index (χ3v) is 3.09. The van der Waals surface area contributed by atoms with Gasteiger partial charge in [-0.3, -0.25) is 14.3 Å². The van der Waals surface area contributed by atoms with E-state index < -0.39 is 41.9 Å². The first-order chi connectivity index (χ1) is 9.43. The maximum atomic E-state index is 11.7. The Morgan fingerprint density at radius 3 is 2.80 bits per heavy atom. The van der Waals surface area contributed by atoms with Crippen molar-refractivity contribution < 1.29 is 20.1 Å². The zero-order valence-corrected chi connectivity index (χ0v) is 10.6. The summed E-state index contributed by atoms with van der Waals surface area (Å²) in [6.45, 7) is 0.896. The van der Waals surface area contributed by atoms with Crippen LogP contribution in [0, 0.1) is 11.8 Å². The van der Waals surface area contributed by atoms with Crippen molar-refractivity contribution in [2.75, 3.05) is 6.61 Å². The molecule has 0 amide bonds. The van der Waals surface area contributed by atoms with Gasteiger partial charge in [0.2, 0.25) is 0 Å². The number of aromatic nitrogens is 2. The molecule has 0 bridgehead atoms. The van der Waals surface area contributed by atoms with Gasteiger partial charge < -0.3 is 20.1 Å². The molecule has 8 heteroatoms. The van der Waals surface area contributed by atoms with Gasteiger partial charge in [0.15, 0.2) is 11.8 Å². The number of hydrogen-bond acceptors (Lipinski definition) is 6. The second-order valence-corrected chi connectivity index (χ2v) is 4.37. The molecule has 8 nitrogen and oxygen atoms in total. The van der Waals surface area contributed by atoms with Crippen LogP contribution >= 0.6 is 0 Å². The lowest BCUT2D eigenvalue weighted by molar-refractivity contribution is -0.0765. The van der Waals surface area contributed by atoms with Gasteiger partial charge in [0, 0.05) is 12.3 Å². The van der Waals surface area contributed by atoms with Crippen LogP contribution in [0.2, 0.25) is 0 Å². The van der Waals surface area contributed by atoms with Gasteiger partial charge >= 0.3 is 5.69 Å². The molecule has 4 N–H and O–H groups in total. The first kappa shape index (κ1) is 14.5. The van der Waals surface area contributed by atoms with Crippen LogP contribution in [0.15, 0.2) is 21.9 Å². The number of aromatic amines is 1. The summed E-state index contributed by atoms with van der Waals surface area (Å²) in [4.78, 5) is 24.8. The highest BCUT2D eigenvalue weighted by atomic mass is 16.6. The van der Waals surface area contributed by atoms with Crippen molar-refractivity contribution in [3.05, 3.63) is 33.1 Å². The SMILES string of the molecule is CC#C[C@]1(O)C(n2ccc(=O)[nH]c2=O)O[C@H](CO)[C@H]1O. The van der Waals surface area contributed by atoms with Gasteiger partial charge in [0.1, 0.15) is 12.2 Å². The third kappa shape index (κ3) is 2.17. The summed E-state index contributed by atoms with van der Waals surface area (Å²) in [6, 6.07) is 1.07. The van der Waals surface area contributed by atoms with Gasteiger partial charge in [-0.25, -0.2) is 4.79 Å². The normalized spacial score (nSPS) is 32.7. The minimum atomic E-state index is -2.07. The summed E-state index contributed by atoms with van der Waals surface area (Å²) in [5.74, 6) is 4.84. The van der Waals surface area contributed by atoms with Crippen molar-refractivity contribution >= 4 is 0 Å². The average Bonchev–Trinajstić information content (AvgIpc) is 2.63. The molecule has 0 saturated carbocycles. The van der Waals surface area contributed by atoms with Gasteiger partial charge in [0.05, 0.1) is 6.61 Å². The summed E-state index contributed by atoms with van der Waals surface area (Å²) in [5, 5.41) is 29.6. The molecular weight excluding hydrogens is 268 g/mol. The summed E-state index contributed by atoms with van der Waals surface area (Å²) >= 11 is 0. The van der Waals surface area contributed by atoms with E-state index in [0.717, 1.165) is 16.8 Å². The van der Waals surface area contributed by atoms with E-state index in [4.69, 9.17) is 9.84 Å². The molecule has 4 atom stereocenters. The summed E-state index contributed by atoms with van der Waals surface area (Å²) < 4.78 is 6.19. The second-order valence-electron chi connectivity index (χ2n) is 4.37. The predicted molar refractivity (Wildman–Crippen MR) is 66.7 cm³/mol. The van der Waals surface area contributed by atoms with E-state index in [0.29, 0.717) is 0 Å². The van der Waals surface area contributed by atoms with Crippen molar-refractivity contribution in [2.45, 2.75) is 31.0 Å². The molecule has 1 aliphatic heterocycles. The fraction of sp³-hybridized carbons (Fsp3) is 0.500. The molecule has 1 aromatic rings. The maximum Gasteiger partial charge on any atom is 0.330 e. The van der Waals surface area contributed by atoms with Gasteiger partial charge in [-0.2, -0.15) is 0 Å². The molecule has 108 valence electrons. The summed E-state index contributed by atoms with van der Waals surface area (Å²) in [5.41, 5.74) is -3.48. The Balaban J connectivity index is 2.55. The topological polar surface area (TPSA) is 125 Å². The highest BCUT2D eigenvalue weighted by Crippen LogP contribution is 2.37. The first-order valence-corrected chi connectivity index (χ1v) is 5.86. The Bertz CT molecular complexity index is 669. The van der Waals surface area contributed by atoms with E-state index in [2.05, 4.69) is 11.8 Å². The van der Waals surface area contributed by atoms with E-state index in [1.165, 1.54) is 6.92 Å². The minimum absolute atomic E-state index is 0.552. The van der Waals surface area contributed by atoms with Crippen LogP contribution in [0.25, 0.3) is 0 Å². The van der Waals surface area contributed by atoms with Crippen molar-refractivity contribution in [1.82, 2.24) is 9.55 Å². The Labute approximate surface area is 113 Å². The molecule has 20 heavy (non-hydrogen) atoms. The monoisotopic (exact) mass is 282 g/mol. The maximum absolute atomic E-state index is 11.7. The fourth-order valence-corrected chi connectivity index (χ4v) is 2.14. The number of nitrogens with zero attached hydrogens (tertiary/aromatic N) is 1. The van der Waals surface area contributed by atoms with Gasteiger partial charge in [-0.05, 0) is 6.92 Å². The Hall–Kier alpha value is -1.92. The van der Waals surface area contributed by atoms with Crippen LogP contribution in [-0.2, 0) is 4.74 Å². The van der Waals surface area contributed by atoms with Crippen molar-refractivity contribution in [3.63, 3.8) is 0 Å². The van der Waals surface area contributed by atoms with Crippen LogP contribution in [0.3, 0.4) is 0 Å². The number of aliphatic hydroxyl groups excluding tert-OH is 2. The van der Waals surface area contributed by atoms with Crippen molar-refractivity contribution in [1.29, 1.82) is 0 Å². The molecule has 0 spiro atoms. The van der Waals surface area contributed by atoms with E-state index in [1.54, 1.807) is 0 Å². The molecule has 2 heterocycles. The lowest BCUT2D eigenvalue weighted by Crippen LogP contribution is -2.48. The number of nitrogens with one attached hydrogen (secondary N) is 1. The highest BCUT2D eigenvalue weighted by molar-refractivity contribution is 5.22. The molecule has 0 radical (unpaired) electrons. The van der Waals surface area contributed by atoms with E-state index >= 15 is 0 Å². The van der Waals surface area contributed by atoms with Gasteiger partial charge in [-0.1, -0.05) is 5.92 Å². The quantitative estimate of drug-likeness (QED) is 0.446. The Kier molecular flexibility index (Phi) is 3.78. The highest BCUT2D eigenvalue weighted by Gasteiger charge is 2.55. The number of ether oxygens (including phenoxy) is 1. The number of hydrogen-bond donors (Lipinski definition) is 4. The molecule has 0 aliphatic carbocycles. The number of H-pyrrole nitrogens is 1. The minimum Gasteiger partial charge on any atom is -0.394 e. The van der Waals surface area contributed by atoms with Gasteiger partial charge in [-0.15, -0.1) is 5.92 Å². The molecule has 1 aliphatic rings. The first-order valence-electron chi connectivity index (χ1n) is 5.86. The molecule has 0 aromatic carbocycles. The second kappa shape index (κ2) is 5.22. The zero-order valence-electron chi connectivity index (χ0n) is 10.6. The van der Waals surface area contributed by atoms with Crippen LogP contribution in [0.1, 0.15) is 13.2 Å². The van der Waals surface area contributed by atoms with E-state index in [1.807, 2.05) is 4.98 Å². The molecule has 1 fully saturated rings. The van der Waals surface area contributed by atoms with Crippen LogP contribution < -0.4 is 11.2 Å². The van der Waals surface area contributed by atoms with E-state index in [9.17, 15) is 19.8 Å². The van der Waals surface area contributed by atoms with Gasteiger partial charge in [0.25, 0.3) is 5.56 Å². The summed E-state index contributed by atoms with van der Waals surface area (Å²) in [7, 11) is 0. The van der Waals surface area contributed by atoms with E-state index in [-0.39, 0.29) is 0 Å². The lowest BCUT2D eigenvalue weighted by atomic mass is 9.94.